The third-order valence-electron chi connectivity index (χ3n) is 14.0. The summed E-state index contributed by atoms with van der Waals surface area (Å²) in [6.07, 6.45) is 86.9. The van der Waals surface area contributed by atoms with E-state index in [2.05, 4.69) is 118 Å². The minimum atomic E-state index is -0.794. The molecule has 77 heavy (non-hydrogen) atoms. The van der Waals surface area contributed by atoms with Crippen molar-refractivity contribution >= 4 is 17.9 Å². The van der Waals surface area contributed by atoms with Gasteiger partial charge in [0.25, 0.3) is 0 Å². The van der Waals surface area contributed by atoms with Gasteiger partial charge in [0.2, 0.25) is 0 Å². The lowest BCUT2D eigenvalue weighted by molar-refractivity contribution is -0.167. The van der Waals surface area contributed by atoms with Crippen LogP contribution in [0.15, 0.2) is 97.2 Å². The molecule has 442 valence electrons. The number of rotatable bonds is 59. The van der Waals surface area contributed by atoms with E-state index in [0.717, 1.165) is 109 Å². The average Bonchev–Trinajstić information content (AvgIpc) is 3.43. The summed E-state index contributed by atoms with van der Waals surface area (Å²) in [6.45, 7) is 6.50. The number of carbonyl (C=O) groups is 3. The Balaban J connectivity index is 4.40. The molecule has 0 saturated heterocycles. The molecule has 0 rings (SSSR count). The van der Waals surface area contributed by atoms with Gasteiger partial charge in [0, 0.05) is 19.3 Å². The van der Waals surface area contributed by atoms with Gasteiger partial charge in [-0.15, -0.1) is 0 Å². The highest BCUT2D eigenvalue weighted by Gasteiger charge is 2.19. The molecule has 0 radical (unpaired) electrons. The second kappa shape index (κ2) is 64.9. The highest BCUT2D eigenvalue weighted by molar-refractivity contribution is 5.71. The monoisotopic (exact) mass is 1070 g/mol. The van der Waals surface area contributed by atoms with E-state index in [1.165, 1.54) is 167 Å². The first-order valence-electron chi connectivity index (χ1n) is 32.7. The van der Waals surface area contributed by atoms with Crippen molar-refractivity contribution in [1.29, 1.82) is 0 Å². The molecule has 0 aromatic rings. The van der Waals surface area contributed by atoms with E-state index in [1.807, 2.05) is 0 Å². The lowest BCUT2D eigenvalue weighted by Crippen LogP contribution is -2.30. The van der Waals surface area contributed by atoms with Gasteiger partial charge in [0.05, 0.1) is 0 Å². The molecule has 0 spiro atoms. The zero-order valence-electron chi connectivity index (χ0n) is 50.7. The van der Waals surface area contributed by atoms with Crippen LogP contribution < -0.4 is 0 Å². The topological polar surface area (TPSA) is 78.9 Å². The fourth-order valence-corrected chi connectivity index (χ4v) is 9.14. The molecular formula is C71H122O6. The molecule has 0 aliphatic rings. The van der Waals surface area contributed by atoms with Gasteiger partial charge < -0.3 is 14.2 Å². The molecular weight excluding hydrogens is 949 g/mol. The smallest absolute Gasteiger partial charge is 0.306 e. The molecule has 0 aliphatic carbocycles. The lowest BCUT2D eigenvalue weighted by Gasteiger charge is -2.18. The van der Waals surface area contributed by atoms with Crippen LogP contribution in [0.2, 0.25) is 0 Å². The number of ether oxygens (including phenoxy) is 3. The Labute approximate surface area is 477 Å². The minimum Gasteiger partial charge on any atom is -0.462 e. The summed E-state index contributed by atoms with van der Waals surface area (Å²) in [4.78, 5) is 38.4. The van der Waals surface area contributed by atoms with Gasteiger partial charge >= 0.3 is 17.9 Å². The van der Waals surface area contributed by atoms with E-state index in [0.29, 0.717) is 19.3 Å². The van der Waals surface area contributed by atoms with Crippen LogP contribution in [0.1, 0.15) is 316 Å². The number of unbranched alkanes of at least 4 members (excludes halogenated alkanes) is 32. The van der Waals surface area contributed by atoms with Gasteiger partial charge in [-0.2, -0.15) is 0 Å². The molecule has 6 heteroatoms. The van der Waals surface area contributed by atoms with Crippen molar-refractivity contribution in [3.05, 3.63) is 97.2 Å². The van der Waals surface area contributed by atoms with Crippen LogP contribution in [-0.4, -0.2) is 37.2 Å². The number of carbonyl (C=O) groups excluding carboxylic acids is 3. The Bertz CT molecular complexity index is 1510. The number of hydrogen-bond acceptors (Lipinski definition) is 6. The summed E-state index contributed by atoms with van der Waals surface area (Å²) < 4.78 is 16.9. The highest BCUT2D eigenvalue weighted by atomic mass is 16.6. The van der Waals surface area contributed by atoms with Crippen molar-refractivity contribution in [3.63, 3.8) is 0 Å². The van der Waals surface area contributed by atoms with E-state index in [4.69, 9.17) is 14.2 Å². The first-order chi connectivity index (χ1) is 38.0. The summed E-state index contributed by atoms with van der Waals surface area (Å²) in [7, 11) is 0. The van der Waals surface area contributed by atoms with Crippen molar-refractivity contribution < 1.29 is 28.6 Å². The number of hydrogen-bond donors (Lipinski definition) is 0. The summed E-state index contributed by atoms with van der Waals surface area (Å²) in [6, 6.07) is 0. The average molecular weight is 1070 g/mol. The second-order valence-corrected chi connectivity index (χ2v) is 21.6. The highest BCUT2D eigenvalue weighted by Crippen LogP contribution is 2.16. The number of allylic oxidation sites excluding steroid dienone is 16. The Hall–Kier alpha value is -3.67. The van der Waals surface area contributed by atoms with Gasteiger partial charge in [0.1, 0.15) is 13.2 Å². The van der Waals surface area contributed by atoms with Crippen molar-refractivity contribution in [2.75, 3.05) is 13.2 Å². The van der Waals surface area contributed by atoms with Crippen molar-refractivity contribution in [3.8, 4) is 0 Å². The molecule has 1 atom stereocenters. The van der Waals surface area contributed by atoms with Crippen LogP contribution >= 0.6 is 0 Å². The summed E-state index contributed by atoms with van der Waals surface area (Å²) in [5, 5.41) is 0. The van der Waals surface area contributed by atoms with Crippen molar-refractivity contribution in [1.82, 2.24) is 0 Å². The standard InChI is InChI=1S/C71H122O6/c1-4-7-10-13-16-19-22-25-28-31-33-34-35-36-38-40-43-46-49-52-55-58-61-64-70(73)76-67-68(66-75-69(72)63-60-57-54-51-48-45-42-39-30-27-24-21-18-15-12-9-6-3)77-71(74)65-62-59-56-53-50-47-44-41-37-32-29-26-23-20-17-14-11-8-5-2/h9,12,17-18,20-22,25-27,29-31,33,42,45,68H,4-8,10-11,13-16,19,23-24,28,32,34-41,43-44,46-67H2,1-3H3/b12-9-,20-17-,21-18-,25-22-,29-26-,30-27-,33-31-,45-42-. The van der Waals surface area contributed by atoms with Gasteiger partial charge in [0.15, 0.2) is 6.10 Å². The number of esters is 3. The van der Waals surface area contributed by atoms with Gasteiger partial charge in [-0.05, 0) is 122 Å². The van der Waals surface area contributed by atoms with Crippen LogP contribution in [0.4, 0.5) is 0 Å². The normalized spacial score (nSPS) is 12.7. The predicted octanol–water partition coefficient (Wildman–Crippen LogP) is 22.4. The predicted molar refractivity (Wildman–Crippen MR) is 334 cm³/mol. The molecule has 0 aliphatic heterocycles. The molecule has 0 aromatic heterocycles. The van der Waals surface area contributed by atoms with Crippen molar-refractivity contribution in [2.45, 2.75) is 322 Å². The molecule has 0 bridgehead atoms. The fourth-order valence-electron chi connectivity index (χ4n) is 9.14. The summed E-state index contributed by atoms with van der Waals surface area (Å²) in [5.41, 5.74) is 0. The zero-order valence-corrected chi connectivity index (χ0v) is 50.7. The quantitative estimate of drug-likeness (QED) is 0.0261. The largest absolute Gasteiger partial charge is 0.462 e. The molecule has 0 heterocycles. The Kier molecular flexibility index (Phi) is 61.8. The van der Waals surface area contributed by atoms with Crippen molar-refractivity contribution in [2.24, 2.45) is 0 Å². The van der Waals surface area contributed by atoms with Gasteiger partial charge in [-0.1, -0.05) is 272 Å². The van der Waals surface area contributed by atoms with E-state index in [1.54, 1.807) is 0 Å². The summed E-state index contributed by atoms with van der Waals surface area (Å²) in [5.74, 6) is -0.907. The first kappa shape index (κ1) is 73.3. The van der Waals surface area contributed by atoms with Gasteiger partial charge in [-0.3, -0.25) is 14.4 Å². The zero-order chi connectivity index (χ0) is 55.7. The third-order valence-corrected chi connectivity index (χ3v) is 14.0. The lowest BCUT2D eigenvalue weighted by atomic mass is 10.0. The molecule has 6 nitrogen and oxygen atoms in total. The van der Waals surface area contributed by atoms with E-state index < -0.39 is 6.10 Å². The maximum absolute atomic E-state index is 12.9. The van der Waals surface area contributed by atoms with Crippen LogP contribution in [0.5, 0.6) is 0 Å². The van der Waals surface area contributed by atoms with E-state index in [9.17, 15) is 14.4 Å². The molecule has 0 saturated carbocycles. The maximum atomic E-state index is 12.9. The molecule has 1 unspecified atom stereocenters. The molecule has 0 fully saturated rings. The van der Waals surface area contributed by atoms with Crippen LogP contribution in [-0.2, 0) is 28.6 Å². The minimum absolute atomic E-state index is 0.0877. The maximum Gasteiger partial charge on any atom is 0.306 e. The Morgan fingerprint density at radius 2 is 0.506 bits per heavy atom. The van der Waals surface area contributed by atoms with Crippen LogP contribution in [0, 0.1) is 0 Å². The Morgan fingerprint density at radius 1 is 0.273 bits per heavy atom. The Morgan fingerprint density at radius 3 is 0.818 bits per heavy atom. The van der Waals surface area contributed by atoms with E-state index >= 15 is 0 Å². The van der Waals surface area contributed by atoms with E-state index in [-0.39, 0.29) is 31.1 Å². The first-order valence-corrected chi connectivity index (χ1v) is 32.7. The molecule has 0 amide bonds. The third kappa shape index (κ3) is 63.0. The summed E-state index contributed by atoms with van der Waals surface area (Å²) >= 11 is 0. The second-order valence-electron chi connectivity index (χ2n) is 21.6. The fraction of sp³-hybridized carbons (Fsp3) is 0.732. The molecule has 0 N–H and O–H groups in total. The SMILES string of the molecule is CC/C=C\C/C=C\C/C=C\C/C=C\CCCCCCC(=O)OCC(COC(=O)CCCCCCCCCCCCC/C=C\C/C=C\CCCCCCC)OC(=O)CCCCCCCCCCC/C=C\C/C=C\CCCCC. The van der Waals surface area contributed by atoms with Crippen LogP contribution in [0.3, 0.4) is 0 Å². The van der Waals surface area contributed by atoms with Gasteiger partial charge in [-0.25, -0.2) is 0 Å². The molecule has 0 aromatic carbocycles. The van der Waals surface area contributed by atoms with Crippen LogP contribution in [0.25, 0.3) is 0 Å².